The van der Waals surface area contributed by atoms with E-state index in [1.165, 1.54) is 19.3 Å². The molecule has 3 rings (SSSR count). The highest BCUT2D eigenvalue weighted by Gasteiger charge is 2.64. The Morgan fingerprint density at radius 3 is 2.59 bits per heavy atom. The lowest BCUT2D eigenvalue weighted by atomic mass is 10.0. The zero-order valence-corrected chi connectivity index (χ0v) is 10.3. The molecular weight excluding hydrogens is 214 g/mol. The van der Waals surface area contributed by atoms with Crippen molar-refractivity contribution in [1.82, 2.24) is 5.32 Å². The Hall–Kier alpha value is -0.770. The number of oxime groups is 1. The summed E-state index contributed by atoms with van der Waals surface area (Å²) in [5.41, 5.74) is 5.43. The lowest BCUT2D eigenvalue weighted by molar-refractivity contribution is 0.316. The summed E-state index contributed by atoms with van der Waals surface area (Å²) in [5.74, 6) is 4.52. The molecule has 3 aliphatic carbocycles. The van der Waals surface area contributed by atoms with Crippen LogP contribution in [0.3, 0.4) is 0 Å². The van der Waals surface area contributed by atoms with E-state index in [1.807, 2.05) is 0 Å². The molecule has 17 heavy (non-hydrogen) atoms. The van der Waals surface area contributed by atoms with Crippen LogP contribution in [-0.2, 0) is 0 Å². The van der Waals surface area contributed by atoms with Gasteiger partial charge in [0.2, 0.25) is 0 Å². The fourth-order valence-corrected chi connectivity index (χ4v) is 4.35. The summed E-state index contributed by atoms with van der Waals surface area (Å²) in [5, 5.41) is 15.1. The summed E-state index contributed by atoms with van der Waals surface area (Å²) in [4.78, 5) is 0. The second kappa shape index (κ2) is 4.48. The normalized spacial score (nSPS) is 42.8. The highest BCUT2D eigenvalue weighted by atomic mass is 16.4. The van der Waals surface area contributed by atoms with Crippen molar-refractivity contribution in [3.05, 3.63) is 0 Å². The van der Waals surface area contributed by atoms with E-state index in [2.05, 4.69) is 10.5 Å². The van der Waals surface area contributed by atoms with Crippen molar-refractivity contribution in [3.8, 4) is 0 Å². The summed E-state index contributed by atoms with van der Waals surface area (Å²) in [6, 6.07) is 0.838. The van der Waals surface area contributed by atoms with E-state index in [4.69, 9.17) is 10.9 Å². The fourth-order valence-electron chi connectivity index (χ4n) is 4.35. The van der Waals surface area contributed by atoms with Gasteiger partial charge in [0.15, 0.2) is 0 Å². The van der Waals surface area contributed by atoms with Crippen LogP contribution in [0.1, 0.15) is 38.5 Å². The first-order valence-electron chi connectivity index (χ1n) is 7.01. The third-order valence-corrected chi connectivity index (χ3v) is 5.10. The Morgan fingerprint density at radius 2 is 1.94 bits per heavy atom. The Morgan fingerprint density at radius 1 is 1.24 bits per heavy atom. The van der Waals surface area contributed by atoms with E-state index < -0.39 is 0 Å². The molecular formula is C13H23N3O. The van der Waals surface area contributed by atoms with Gasteiger partial charge in [0.05, 0.1) is 0 Å². The van der Waals surface area contributed by atoms with Crippen molar-refractivity contribution < 1.29 is 5.21 Å². The van der Waals surface area contributed by atoms with Crippen molar-refractivity contribution in [3.63, 3.8) is 0 Å². The molecule has 4 N–H and O–H groups in total. The van der Waals surface area contributed by atoms with Crippen LogP contribution in [0.25, 0.3) is 0 Å². The maximum atomic E-state index is 8.41. The average Bonchev–Trinajstić information content (AvgIpc) is 2.73. The topological polar surface area (TPSA) is 70.6 Å². The predicted octanol–water partition coefficient (Wildman–Crippen LogP) is 1.54. The van der Waals surface area contributed by atoms with E-state index in [9.17, 15) is 0 Å². The highest BCUT2D eigenvalue weighted by molar-refractivity contribution is 5.79. The second-order valence-corrected chi connectivity index (χ2v) is 6.02. The molecule has 0 aromatic carbocycles. The van der Waals surface area contributed by atoms with Crippen molar-refractivity contribution in [1.29, 1.82) is 0 Å². The number of amidine groups is 1. The number of nitrogens with zero attached hydrogens (tertiary/aromatic N) is 1. The molecule has 3 fully saturated rings. The highest BCUT2D eigenvalue weighted by Crippen LogP contribution is 2.65. The van der Waals surface area contributed by atoms with E-state index in [-0.39, 0.29) is 0 Å². The molecule has 4 unspecified atom stereocenters. The van der Waals surface area contributed by atoms with E-state index in [0.29, 0.717) is 12.3 Å². The smallest absolute Gasteiger partial charge is 0.139 e. The van der Waals surface area contributed by atoms with E-state index in [1.54, 1.807) is 0 Å². The van der Waals surface area contributed by atoms with Gasteiger partial charge >= 0.3 is 0 Å². The monoisotopic (exact) mass is 237 g/mol. The molecule has 0 amide bonds. The quantitative estimate of drug-likeness (QED) is 0.216. The molecule has 0 spiro atoms. The molecule has 0 radical (unpaired) electrons. The molecule has 3 aliphatic rings. The van der Waals surface area contributed by atoms with Gasteiger partial charge in [-0.25, -0.2) is 0 Å². The van der Waals surface area contributed by atoms with Crippen molar-refractivity contribution >= 4 is 5.84 Å². The zero-order valence-electron chi connectivity index (χ0n) is 10.3. The summed E-state index contributed by atoms with van der Waals surface area (Å²) >= 11 is 0. The van der Waals surface area contributed by atoms with Gasteiger partial charge in [-0.15, -0.1) is 0 Å². The number of hydrogen-bond donors (Lipinski definition) is 3. The third-order valence-electron chi connectivity index (χ3n) is 5.10. The van der Waals surface area contributed by atoms with Crippen LogP contribution in [0.5, 0.6) is 0 Å². The second-order valence-electron chi connectivity index (χ2n) is 6.02. The number of unbranched alkanes of at least 4 members (excludes halogenated alkanes) is 1. The lowest BCUT2D eigenvalue weighted by Gasteiger charge is -2.10. The number of hydrogen-bond acceptors (Lipinski definition) is 3. The number of fused-ring (bicyclic) bond motifs is 5. The maximum absolute atomic E-state index is 8.41. The van der Waals surface area contributed by atoms with Crippen LogP contribution in [0.2, 0.25) is 0 Å². The van der Waals surface area contributed by atoms with Crippen LogP contribution in [0.4, 0.5) is 0 Å². The fraction of sp³-hybridized carbons (Fsp3) is 0.923. The number of nitrogens with one attached hydrogen (secondary N) is 1. The molecule has 2 bridgehead atoms. The Labute approximate surface area is 103 Å². The van der Waals surface area contributed by atoms with Crippen molar-refractivity contribution in [2.45, 2.75) is 44.6 Å². The Balaban J connectivity index is 1.30. The molecule has 3 saturated carbocycles. The standard InChI is InChI=1S/C13H23N3O/c14-10(16-17)3-1-2-6-15-13-11-8-4-5-9(7-8)12(11)13/h8-9,11-13,15,17H,1-7H2,(H2,14,16). The van der Waals surface area contributed by atoms with E-state index >= 15 is 0 Å². The zero-order chi connectivity index (χ0) is 11.8. The van der Waals surface area contributed by atoms with Gasteiger partial charge in [-0.2, -0.15) is 0 Å². The third kappa shape index (κ3) is 2.03. The SMILES string of the molecule is NC(CCCCNC1C2C3CCC(C3)C12)=NO. The average molecular weight is 237 g/mol. The minimum atomic E-state index is 0.353. The molecule has 4 heteroatoms. The van der Waals surface area contributed by atoms with Crippen LogP contribution in [0.15, 0.2) is 5.16 Å². The van der Waals surface area contributed by atoms with E-state index in [0.717, 1.165) is 49.1 Å². The minimum Gasteiger partial charge on any atom is -0.409 e. The first-order chi connectivity index (χ1) is 8.31. The summed E-state index contributed by atoms with van der Waals surface area (Å²) in [6.07, 6.45) is 7.36. The molecule has 0 heterocycles. The molecule has 0 aliphatic heterocycles. The van der Waals surface area contributed by atoms with Crippen molar-refractivity contribution in [2.24, 2.45) is 34.6 Å². The molecule has 0 aromatic rings. The predicted molar refractivity (Wildman–Crippen MR) is 66.9 cm³/mol. The largest absolute Gasteiger partial charge is 0.409 e. The molecule has 4 nitrogen and oxygen atoms in total. The van der Waals surface area contributed by atoms with Crippen LogP contribution in [0, 0.1) is 23.7 Å². The van der Waals surface area contributed by atoms with Gasteiger partial charge in [-0.05, 0) is 62.3 Å². The molecule has 96 valence electrons. The van der Waals surface area contributed by atoms with Crippen molar-refractivity contribution in [2.75, 3.05) is 6.54 Å². The summed E-state index contributed by atoms with van der Waals surface area (Å²) < 4.78 is 0. The van der Waals surface area contributed by atoms with Gasteiger partial charge in [0.25, 0.3) is 0 Å². The van der Waals surface area contributed by atoms with Gasteiger partial charge in [-0.1, -0.05) is 5.16 Å². The first kappa shape index (κ1) is 11.3. The summed E-state index contributed by atoms with van der Waals surface area (Å²) in [6.45, 7) is 1.09. The first-order valence-corrected chi connectivity index (χ1v) is 7.01. The van der Waals surface area contributed by atoms with Gasteiger partial charge in [0, 0.05) is 12.5 Å². The Bertz CT molecular complexity index is 302. The molecule has 0 saturated heterocycles. The molecule has 0 aromatic heterocycles. The van der Waals surface area contributed by atoms with Gasteiger partial charge in [-0.3, -0.25) is 0 Å². The van der Waals surface area contributed by atoms with Gasteiger partial charge in [0.1, 0.15) is 5.84 Å². The van der Waals surface area contributed by atoms with Crippen LogP contribution in [-0.4, -0.2) is 23.6 Å². The lowest BCUT2D eigenvalue weighted by Crippen LogP contribution is -2.24. The number of rotatable bonds is 6. The maximum Gasteiger partial charge on any atom is 0.139 e. The van der Waals surface area contributed by atoms with Crippen LogP contribution < -0.4 is 11.1 Å². The Kier molecular flexibility index (Phi) is 2.99. The minimum absolute atomic E-state index is 0.353. The van der Waals surface area contributed by atoms with Gasteiger partial charge < -0.3 is 16.3 Å². The van der Waals surface area contributed by atoms with Crippen LogP contribution >= 0.6 is 0 Å². The molecule has 4 atom stereocenters. The number of nitrogens with two attached hydrogens (primary N) is 1. The summed E-state index contributed by atoms with van der Waals surface area (Å²) in [7, 11) is 0.